The zero-order chi connectivity index (χ0) is 42.7. The van der Waals surface area contributed by atoms with Crippen LogP contribution in [-0.2, 0) is 10.8 Å². The molecule has 0 unspecified atom stereocenters. The number of fused-ring (bicyclic) bond motifs is 2. The molecule has 0 saturated carbocycles. The quantitative estimate of drug-likeness (QED) is 0.0395. The van der Waals surface area contributed by atoms with E-state index < -0.39 is 0 Å². The topological polar surface area (TPSA) is 6.25 Å². The van der Waals surface area contributed by atoms with Crippen molar-refractivity contribution >= 4 is 17.1 Å². The van der Waals surface area contributed by atoms with Crippen LogP contribution in [0.2, 0.25) is 0 Å². The second-order valence-corrected chi connectivity index (χ2v) is 19.4. The second-order valence-electron chi connectivity index (χ2n) is 19.4. The SMILES string of the molecule is CCCCCCCCC/C=C/CCCCCCC[N+]1=C(/C=C/C=C2/N(CCCCCC/C=C/CCCCCCCCC)c3ccccc3C2(C)C)C(C)(C)c2ccccc21. The van der Waals surface area contributed by atoms with Gasteiger partial charge in [0, 0.05) is 47.5 Å². The van der Waals surface area contributed by atoms with Gasteiger partial charge in [-0.25, -0.2) is 0 Å². The number of para-hydroxylation sites is 2. The van der Waals surface area contributed by atoms with Gasteiger partial charge >= 0.3 is 0 Å². The number of nitrogens with zero attached hydrogens (tertiary/aromatic N) is 2. The lowest BCUT2D eigenvalue weighted by molar-refractivity contribution is -0.438. The molecule has 0 aliphatic carbocycles. The standard InChI is InChI=1S/C58H91N2/c1-7-9-11-13-15-17-19-21-23-25-27-29-31-33-35-41-50-60-54-46-39-37-44-52(54)58(5,6)56(60)48-42-47-55-57(3,4)51-43-36-38-45-53(51)59(55)49-40-34-32-30-28-26-24-22-20-18-16-14-12-10-8-2/h23-26,36-39,42-48H,7-22,27-35,40-41,49-50H2,1-6H3/q+1/b25-23+,26-24+. The molecule has 0 saturated heterocycles. The van der Waals surface area contributed by atoms with Crippen LogP contribution in [0.1, 0.15) is 226 Å². The summed E-state index contributed by atoms with van der Waals surface area (Å²) in [6.07, 6.45) is 53.4. The van der Waals surface area contributed by atoms with E-state index >= 15 is 0 Å². The third-order valence-electron chi connectivity index (χ3n) is 13.6. The summed E-state index contributed by atoms with van der Waals surface area (Å²) in [4.78, 5) is 2.64. The number of hydrogen-bond donors (Lipinski definition) is 0. The lowest BCUT2D eigenvalue weighted by Gasteiger charge is -2.27. The van der Waals surface area contributed by atoms with Gasteiger partial charge in [-0.05, 0) is 95.8 Å². The molecule has 0 atom stereocenters. The Kier molecular flexibility index (Phi) is 23.5. The summed E-state index contributed by atoms with van der Waals surface area (Å²) >= 11 is 0. The minimum absolute atomic E-state index is 0.0239. The Hall–Kier alpha value is -3.13. The van der Waals surface area contributed by atoms with Crippen LogP contribution in [0.3, 0.4) is 0 Å². The van der Waals surface area contributed by atoms with Crippen LogP contribution in [0.25, 0.3) is 0 Å². The van der Waals surface area contributed by atoms with Gasteiger partial charge in [0.1, 0.15) is 6.54 Å². The first kappa shape index (κ1) is 49.5. The molecular weight excluding hydrogens is 725 g/mol. The van der Waals surface area contributed by atoms with Crippen molar-refractivity contribution in [1.82, 2.24) is 0 Å². The first-order valence-corrected chi connectivity index (χ1v) is 25.6. The molecule has 2 aliphatic heterocycles. The van der Waals surface area contributed by atoms with Crippen LogP contribution < -0.4 is 4.90 Å². The van der Waals surface area contributed by atoms with E-state index in [1.54, 1.807) is 0 Å². The average molecular weight is 816 g/mol. The molecule has 0 fully saturated rings. The van der Waals surface area contributed by atoms with Crippen LogP contribution >= 0.6 is 0 Å². The van der Waals surface area contributed by atoms with Crippen LogP contribution in [0.15, 0.2) is 96.8 Å². The molecule has 0 spiro atoms. The lowest BCUT2D eigenvalue weighted by atomic mass is 9.81. The van der Waals surface area contributed by atoms with E-state index in [4.69, 9.17) is 0 Å². The smallest absolute Gasteiger partial charge is 0.209 e. The molecule has 2 nitrogen and oxygen atoms in total. The molecule has 0 N–H and O–H groups in total. The van der Waals surface area contributed by atoms with Crippen LogP contribution in [0.4, 0.5) is 11.4 Å². The van der Waals surface area contributed by atoms with E-state index in [0.29, 0.717) is 0 Å². The van der Waals surface area contributed by atoms with Crippen molar-refractivity contribution in [1.29, 1.82) is 0 Å². The van der Waals surface area contributed by atoms with E-state index in [2.05, 4.69) is 142 Å². The Bertz CT molecular complexity index is 1630. The zero-order valence-electron chi connectivity index (χ0n) is 40.1. The van der Waals surface area contributed by atoms with Crippen molar-refractivity contribution in [2.75, 3.05) is 18.0 Å². The molecule has 0 amide bonds. The fourth-order valence-electron chi connectivity index (χ4n) is 9.85. The molecule has 2 aromatic carbocycles. The van der Waals surface area contributed by atoms with Gasteiger partial charge in [-0.3, -0.25) is 0 Å². The average Bonchev–Trinajstić information content (AvgIpc) is 3.60. The van der Waals surface area contributed by atoms with Gasteiger partial charge in [0.15, 0.2) is 5.71 Å². The Morgan fingerprint density at radius 3 is 1.48 bits per heavy atom. The molecule has 0 aromatic heterocycles. The first-order chi connectivity index (χ1) is 29.3. The number of rotatable bonds is 33. The van der Waals surface area contributed by atoms with Crippen molar-refractivity contribution in [3.63, 3.8) is 0 Å². The summed E-state index contributed by atoms with van der Waals surface area (Å²) in [6, 6.07) is 18.3. The molecule has 2 heterocycles. The normalized spacial score (nSPS) is 16.4. The van der Waals surface area contributed by atoms with E-state index in [1.807, 2.05) is 0 Å². The van der Waals surface area contributed by atoms with Crippen molar-refractivity contribution in [2.24, 2.45) is 0 Å². The third-order valence-corrected chi connectivity index (χ3v) is 13.6. The third kappa shape index (κ3) is 16.0. The van der Waals surface area contributed by atoms with Crippen LogP contribution in [-0.4, -0.2) is 23.4 Å². The Morgan fingerprint density at radius 2 is 0.933 bits per heavy atom. The van der Waals surface area contributed by atoms with Crippen molar-refractivity contribution in [2.45, 2.75) is 226 Å². The van der Waals surface area contributed by atoms with Gasteiger partial charge in [-0.15, -0.1) is 0 Å². The fourth-order valence-corrected chi connectivity index (χ4v) is 9.85. The highest BCUT2D eigenvalue weighted by Gasteiger charge is 2.44. The second kappa shape index (κ2) is 28.5. The summed E-state index contributed by atoms with van der Waals surface area (Å²) in [5.74, 6) is 0. The monoisotopic (exact) mass is 816 g/mol. The van der Waals surface area contributed by atoms with Crippen molar-refractivity contribution in [3.05, 3.63) is 108 Å². The minimum atomic E-state index is -0.0247. The highest BCUT2D eigenvalue weighted by molar-refractivity contribution is 6.03. The number of hydrogen-bond acceptors (Lipinski definition) is 1. The maximum atomic E-state index is 2.65. The summed E-state index contributed by atoms with van der Waals surface area (Å²) < 4.78 is 2.65. The maximum absolute atomic E-state index is 2.65. The van der Waals surface area contributed by atoms with E-state index in [9.17, 15) is 0 Å². The lowest BCUT2D eigenvalue weighted by Crippen LogP contribution is -2.28. The molecular formula is C58H91N2+. The predicted octanol–water partition coefficient (Wildman–Crippen LogP) is 18.0. The highest BCUT2D eigenvalue weighted by atomic mass is 15.2. The number of anilines is 1. The first-order valence-electron chi connectivity index (χ1n) is 25.6. The summed E-state index contributed by atoms with van der Waals surface area (Å²) in [7, 11) is 0. The van der Waals surface area contributed by atoms with Crippen molar-refractivity contribution in [3.8, 4) is 0 Å². The fraction of sp³-hybridized carbons (Fsp3) is 0.638. The number of benzene rings is 2. The molecule has 2 aromatic rings. The Labute approximate surface area is 371 Å². The minimum Gasteiger partial charge on any atom is -0.344 e. The van der Waals surface area contributed by atoms with Gasteiger partial charge in [0.05, 0.1) is 5.41 Å². The van der Waals surface area contributed by atoms with E-state index in [1.165, 1.54) is 207 Å². The molecule has 0 radical (unpaired) electrons. The van der Waals surface area contributed by atoms with Gasteiger partial charge < -0.3 is 4.90 Å². The predicted molar refractivity (Wildman–Crippen MR) is 268 cm³/mol. The number of allylic oxidation sites excluding steroid dienone is 8. The van der Waals surface area contributed by atoms with Gasteiger partial charge in [-0.1, -0.05) is 197 Å². The molecule has 60 heavy (non-hydrogen) atoms. The van der Waals surface area contributed by atoms with Crippen LogP contribution in [0.5, 0.6) is 0 Å². The van der Waals surface area contributed by atoms with Crippen molar-refractivity contribution < 1.29 is 4.58 Å². The summed E-state index contributed by atoms with van der Waals surface area (Å²) in [5, 5.41) is 0. The summed E-state index contributed by atoms with van der Waals surface area (Å²) in [5.41, 5.74) is 8.53. The maximum Gasteiger partial charge on any atom is 0.209 e. The Balaban J connectivity index is 1.27. The van der Waals surface area contributed by atoms with E-state index in [-0.39, 0.29) is 10.8 Å². The van der Waals surface area contributed by atoms with Gasteiger partial charge in [0.25, 0.3) is 0 Å². The molecule has 2 heteroatoms. The highest BCUT2D eigenvalue weighted by Crippen LogP contribution is 2.48. The molecule has 0 bridgehead atoms. The van der Waals surface area contributed by atoms with Gasteiger partial charge in [-0.2, -0.15) is 4.58 Å². The number of unbranched alkanes of at least 4 members (excludes halogenated alkanes) is 23. The molecule has 4 rings (SSSR count). The Morgan fingerprint density at radius 1 is 0.483 bits per heavy atom. The largest absolute Gasteiger partial charge is 0.344 e. The summed E-state index contributed by atoms with van der Waals surface area (Å²) in [6.45, 7) is 16.5. The zero-order valence-corrected chi connectivity index (χ0v) is 40.1. The van der Waals surface area contributed by atoms with E-state index in [0.717, 1.165) is 13.1 Å². The van der Waals surface area contributed by atoms with Crippen LogP contribution in [0, 0.1) is 0 Å². The van der Waals surface area contributed by atoms with Gasteiger partial charge in [0.2, 0.25) is 5.69 Å². The molecule has 2 aliphatic rings. The molecule has 332 valence electrons.